The van der Waals surface area contributed by atoms with E-state index in [0.29, 0.717) is 44.3 Å². The number of carbonyl (C=O) groups excluding carboxylic acids is 1. The van der Waals surface area contributed by atoms with Gasteiger partial charge in [0.25, 0.3) is 0 Å². The Morgan fingerprint density at radius 3 is 2.48 bits per heavy atom. The van der Waals surface area contributed by atoms with Gasteiger partial charge in [0.15, 0.2) is 5.78 Å². The van der Waals surface area contributed by atoms with Gasteiger partial charge in [0.05, 0.1) is 12.1 Å². The molecular formula is C25H30N4O3S. The van der Waals surface area contributed by atoms with Gasteiger partial charge in [-0.2, -0.15) is 4.31 Å². The highest BCUT2D eigenvalue weighted by Gasteiger charge is 2.32. The van der Waals surface area contributed by atoms with Crippen molar-refractivity contribution >= 4 is 26.7 Å². The van der Waals surface area contributed by atoms with Gasteiger partial charge < -0.3 is 4.57 Å². The minimum Gasteiger partial charge on any atom is -0.345 e. The van der Waals surface area contributed by atoms with Crippen LogP contribution in [0.1, 0.15) is 46.2 Å². The van der Waals surface area contributed by atoms with E-state index in [2.05, 4.69) is 21.4 Å². The summed E-state index contributed by atoms with van der Waals surface area (Å²) in [5.41, 5.74) is 4.50. The van der Waals surface area contributed by atoms with Crippen LogP contribution in [0, 0.1) is 20.8 Å². The summed E-state index contributed by atoms with van der Waals surface area (Å²) in [4.78, 5) is 19.7. The fraction of sp³-hybridized carbons (Fsp3) is 0.440. The minimum atomic E-state index is -3.66. The summed E-state index contributed by atoms with van der Waals surface area (Å²) in [6.07, 6.45) is 4.07. The number of benzene rings is 1. The smallest absolute Gasteiger partial charge is 0.245 e. The SMILES string of the molecule is Cc1cnc2c(S(=O)(=O)N3CCN(CC(=O)c4cc(C)n(C5CC5)c4C)CC3)cccc2c1. The third kappa shape index (κ3) is 4.11. The molecule has 0 amide bonds. The number of hydrogen-bond acceptors (Lipinski definition) is 5. The first kappa shape index (κ1) is 22.3. The molecule has 0 N–H and O–H groups in total. The number of fused-ring (bicyclic) bond motifs is 1. The first-order valence-corrected chi connectivity index (χ1v) is 13.0. The maximum Gasteiger partial charge on any atom is 0.245 e. The normalized spacial score (nSPS) is 18.2. The second-order valence-electron chi connectivity index (χ2n) is 9.33. The average Bonchev–Trinajstić information content (AvgIpc) is 3.57. The van der Waals surface area contributed by atoms with Crippen molar-refractivity contribution in [3.05, 3.63) is 59.0 Å². The summed E-state index contributed by atoms with van der Waals surface area (Å²) in [6.45, 7) is 8.14. The van der Waals surface area contributed by atoms with Gasteiger partial charge in [0.1, 0.15) is 4.90 Å². The number of para-hydroxylation sites is 1. The third-order valence-corrected chi connectivity index (χ3v) is 8.75. The molecule has 2 fully saturated rings. The molecule has 3 heterocycles. The Labute approximate surface area is 195 Å². The van der Waals surface area contributed by atoms with E-state index in [1.807, 2.05) is 32.0 Å². The molecule has 0 atom stereocenters. The zero-order chi connectivity index (χ0) is 23.3. The maximum atomic E-state index is 13.4. The molecule has 1 saturated carbocycles. The van der Waals surface area contributed by atoms with Gasteiger partial charge in [0, 0.05) is 60.8 Å². The summed E-state index contributed by atoms with van der Waals surface area (Å²) in [5, 5.41) is 0.823. The van der Waals surface area contributed by atoms with Crippen molar-refractivity contribution < 1.29 is 13.2 Å². The highest BCUT2D eigenvalue weighted by molar-refractivity contribution is 7.89. The lowest BCUT2D eigenvalue weighted by molar-refractivity contribution is 0.0901. The van der Waals surface area contributed by atoms with Crippen molar-refractivity contribution in [2.45, 2.75) is 44.6 Å². The Balaban J connectivity index is 1.28. The van der Waals surface area contributed by atoms with Crippen molar-refractivity contribution in [1.29, 1.82) is 0 Å². The fourth-order valence-corrected chi connectivity index (χ4v) is 6.55. The predicted molar refractivity (Wildman–Crippen MR) is 128 cm³/mol. The molecule has 0 bridgehead atoms. The summed E-state index contributed by atoms with van der Waals surface area (Å²) in [7, 11) is -3.66. The van der Waals surface area contributed by atoms with Crippen LogP contribution in [-0.2, 0) is 10.0 Å². The quantitative estimate of drug-likeness (QED) is 0.520. The van der Waals surface area contributed by atoms with Crippen LogP contribution in [0.3, 0.4) is 0 Å². The zero-order valence-electron chi connectivity index (χ0n) is 19.4. The van der Waals surface area contributed by atoms with Crippen LogP contribution in [0.5, 0.6) is 0 Å². The van der Waals surface area contributed by atoms with Gasteiger partial charge in [0.2, 0.25) is 10.0 Å². The maximum absolute atomic E-state index is 13.4. The Morgan fingerprint density at radius 2 is 1.79 bits per heavy atom. The zero-order valence-corrected chi connectivity index (χ0v) is 20.2. The molecule has 0 unspecified atom stereocenters. The standard InChI is InChI=1S/C25H30N4O3S/c1-17-13-20-5-4-6-24(25(20)26-15-17)33(31,32)28-11-9-27(10-12-28)16-23(30)22-14-18(2)29(19(22)3)21-7-8-21/h4-6,13-15,21H,7-12,16H2,1-3H3. The van der Waals surface area contributed by atoms with Crippen molar-refractivity contribution in [2.75, 3.05) is 32.7 Å². The molecule has 7 nitrogen and oxygen atoms in total. The van der Waals surface area contributed by atoms with Crippen LogP contribution in [0.15, 0.2) is 41.4 Å². The molecule has 2 aromatic heterocycles. The van der Waals surface area contributed by atoms with Gasteiger partial charge in [-0.3, -0.25) is 14.7 Å². The van der Waals surface area contributed by atoms with Gasteiger partial charge in [-0.15, -0.1) is 0 Å². The first-order chi connectivity index (χ1) is 15.8. The molecule has 5 rings (SSSR count). The van der Waals surface area contributed by atoms with Crippen molar-refractivity contribution in [3.8, 4) is 0 Å². The summed E-state index contributed by atoms with van der Waals surface area (Å²) in [5.74, 6) is 0.111. The second kappa shape index (κ2) is 8.34. The highest BCUT2D eigenvalue weighted by Crippen LogP contribution is 2.38. The molecule has 1 aliphatic heterocycles. The molecule has 33 heavy (non-hydrogen) atoms. The molecule has 0 spiro atoms. The molecule has 0 radical (unpaired) electrons. The lowest BCUT2D eigenvalue weighted by Gasteiger charge is -2.33. The van der Waals surface area contributed by atoms with E-state index in [0.717, 1.165) is 27.9 Å². The van der Waals surface area contributed by atoms with Gasteiger partial charge in [-0.25, -0.2) is 8.42 Å². The number of piperazine rings is 1. The van der Waals surface area contributed by atoms with E-state index in [1.165, 1.54) is 17.1 Å². The number of pyridine rings is 1. The molecule has 3 aromatic rings. The minimum absolute atomic E-state index is 0.111. The molecule has 1 aromatic carbocycles. The summed E-state index contributed by atoms with van der Waals surface area (Å²) in [6, 6.07) is 9.79. The number of ketones is 1. The number of rotatable bonds is 6. The number of sulfonamides is 1. The number of aryl methyl sites for hydroxylation is 2. The largest absolute Gasteiger partial charge is 0.345 e. The third-order valence-electron chi connectivity index (χ3n) is 6.82. The predicted octanol–water partition coefficient (Wildman–Crippen LogP) is 3.49. The van der Waals surface area contributed by atoms with Gasteiger partial charge in [-0.1, -0.05) is 12.1 Å². The van der Waals surface area contributed by atoms with E-state index in [9.17, 15) is 13.2 Å². The van der Waals surface area contributed by atoms with E-state index in [1.54, 1.807) is 18.3 Å². The Morgan fingerprint density at radius 1 is 1.06 bits per heavy atom. The summed E-state index contributed by atoms with van der Waals surface area (Å²) >= 11 is 0. The van der Waals surface area contributed by atoms with Gasteiger partial charge >= 0.3 is 0 Å². The Kier molecular flexibility index (Phi) is 5.63. The molecule has 1 saturated heterocycles. The molecule has 1 aliphatic carbocycles. The first-order valence-electron chi connectivity index (χ1n) is 11.5. The monoisotopic (exact) mass is 466 g/mol. The molecule has 174 valence electrons. The second-order valence-corrected chi connectivity index (χ2v) is 11.2. The Hall–Kier alpha value is -2.55. The van der Waals surface area contributed by atoms with Crippen LogP contribution in [0.4, 0.5) is 0 Å². The lowest BCUT2D eigenvalue weighted by Crippen LogP contribution is -2.49. The Bertz CT molecular complexity index is 1330. The van der Waals surface area contributed by atoms with E-state index in [4.69, 9.17) is 0 Å². The lowest BCUT2D eigenvalue weighted by atomic mass is 10.1. The van der Waals surface area contributed by atoms with Crippen LogP contribution >= 0.6 is 0 Å². The van der Waals surface area contributed by atoms with E-state index >= 15 is 0 Å². The van der Waals surface area contributed by atoms with Crippen molar-refractivity contribution in [2.24, 2.45) is 0 Å². The van der Waals surface area contributed by atoms with Gasteiger partial charge in [-0.05, 0) is 57.4 Å². The molecular weight excluding hydrogens is 436 g/mol. The fourth-order valence-electron chi connectivity index (χ4n) is 4.96. The van der Waals surface area contributed by atoms with E-state index in [-0.39, 0.29) is 10.7 Å². The van der Waals surface area contributed by atoms with Crippen LogP contribution < -0.4 is 0 Å². The number of aromatic nitrogens is 2. The van der Waals surface area contributed by atoms with Crippen LogP contribution in [-0.4, -0.2) is 65.7 Å². The number of Topliss-reactive ketones (excluding diaryl/α,β-unsaturated/α-hetero) is 1. The molecule has 8 heteroatoms. The van der Waals surface area contributed by atoms with Crippen LogP contribution in [0.2, 0.25) is 0 Å². The number of carbonyl (C=O) groups is 1. The summed E-state index contributed by atoms with van der Waals surface area (Å²) < 4.78 is 30.6. The van der Waals surface area contributed by atoms with Crippen molar-refractivity contribution in [3.63, 3.8) is 0 Å². The average molecular weight is 467 g/mol. The van der Waals surface area contributed by atoms with E-state index < -0.39 is 10.0 Å². The van der Waals surface area contributed by atoms with Crippen LogP contribution in [0.25, 0.3) is 10.9 Å². The highest BCUT2D eigenvalue weighted by atomic mass is 32.2. The number of hydrogen-bond donors (Lipinski definition) is 0. The number of nitrogens with zero attached hydrogens (tertiary/aromatic N) is 4. The topological polar surface area (TPSA) is 75.5 Å². The van der Waals surface area contributed by atoms with Crippen molar-refractivity contribution in [1.82, 2.24) is 18.8 Å². The molecule has 2 aliphatic rings.